The first-order chi connectivity index (χ1) is 13.0. The van der Waals surface area contributed by atoms with Crippen LogP contribution < -0.4 is 23.7 Å². The Morgan fingerprint density at radius 1 is 0.778 bits per heavy atom. The molecular weight excluding hydrogens is 416 g/mol. The van der Waals surface area contributed by atoms with Gasteiger partial charge in [-0.3, -0.25) is 4.79 Å². The molecule has 0 aliphatic heterocycles. The molecule has 142 valence electrons. The quantitative estimate of drug-likeness (QED) is 0.509. The summed E-state index contributed by atoms with van der Waals surface area (Å²) >= 11 is 3.36. The van der Waals surface area contributed by atoms with Gasteiger partial charge in [-0.05, 0) is 46.1 Å². The summed E-state index contributed by atoms with van der Waals surface area (Å²) in [6, 6.07) is 6.58. The average molecular weight is 435 g/mol. The molecule has 0 heterocycles. The molecule has 0 saturated carbocycles. The number of ether oxygens (including phenoxy) is 5. The fourth-order valence-electron chi connectivity index (χ4n) is 2.38. The number of rotatable bonds is 6. The maximum Gasteiger partial charge on any atom is 0.237 e. The predicted octanol–water partition coefficient (Wildman–Crippen LogP) is 3.73. The molecule has 7 heteroatoms. The Morgan fingerprint density at radius 2 is 1.30 bits per heavy atom. The number of halogens is 1. The Hall–Kier alpha value is -2.85. The van der Waals surface area contributed by atoms with Gasteiger partial charge in [-0.15, -0.1) is 0 Å². The van der Waals surface area contributed by atoms with Crippen LogP contribution in [0, 0.1) is 11.8 Å². The Morgan fingerprint density at radius 3 is 1.78 bits per heavy atom. The fourth-order valence-corrected chi connectivity index (χ4v) is 2.88. The van der Waals surface area contributed by atoms with Crippen LogP contribution in [0.3, 0.4) is 0 Å². The van der Waals surface area contributed by atoms with E-state index in [1.165, 1.54) is 35.5 Å². The van der Waals surface area contributed by atoms with Gasteiger partial charge in [0.2, 0.25) is 11.5 Å². The topological polar surface area (TPSA) is 63.2 Å². The van der Waals surface area contributed by atoms with E-state index in [4.69, 9.17) is 23.7 Å². The molecule has 0 unspecified atom stereocenters. The molecule has 0 bridgehead atoms. The number of carbonyl (C=O) groups excluding carboxylic acids is 1. The van der Waals surface area contributed by atoms with Crippen LogP contribution in [0.5, 0.6) is 28.7 Å². The van der Waals surface area contributed by atoms with Crippen LogP contribution in [0.15, 0.2) is 28.7 Å². The standard InChI is InChI=1S/C20H19BrO6/c1-23-16-10-13(14(21)11-17(16)24-2)15(22)7-6-12-8-18(25-3)20(27-5)19(9-12)26-4/h8-11H,1-5H3. The van der Waals surface area contributed by atoms with Gasteiger partial charge in [-0.25, -0.2) is 0 Å². The lowest BCUT2D eigenvalue weighted by Gasteiger charge is -2.12. The first-order valence-electron chi connectivity index (χ1n) is 7.76. The van der Waals surface area contributed by atoms with Gasteiger partial charge in [-0.2, -0.15) is 0 Å². The van der Waals surface area contributed by atoms with Gasteiger partial charge in [0, 0.05) is 15.6 Å². The number of Topliss-reactive ketones (excluding diaryl/α,β-unsaturated/α-hetero) is 1. The molecule has 0 fully saturated rings. The van der Waals surface area contributed by atoms with Crippen molar-refractivity contribution in [2.75, 3.05) is 35.5 Å². The van der Waals surface area contributed by atoms with Crippen molar-refractivity contribution in [3.63, 3.8) is 0 Å². The molecule has 2 aromatic carbocycles. The highest BCUT2D eigenvalue weighted by molar-refractivity contribution is 9.10. The van der Waals surface area contributed by atoms with E-state index in [0.717, 1.165) is 0 Å². The number of methoxy groups -OCH3 is 5. The summed E-state index contributed by atoms with van der Waals surface area (Å²) in [6.45, 7) is 0. The van der Waals surface area contributed by atoms with Crippen LogP contribution >= 0.6 is 15.9 Å². The van der Waals surface area contributed by atoms with Crippen molar-refractivity contribution in [2.45, 2.75) is 0 Å². The molecule has 0 aromatic heterocycles. The lowest BCUT2D eigenvalue weighted by Crippen LogP contribution is -2.00. The second-order valence-corrected chi connectivity index (χ2v) is 6.03. The van der Waals surface area contributed by atoms with E-state index in [1.54, 1.807) is 24.3 Å². The lowest BCUT2D eigenvalue weighted by atomic mass is 10.1. The summed E-state index contributed by atoms with van der Waals surface area (Å²) < 4.78 is 26.9. The molecule has 0 spiro atoms. The monoisotopic (exact) mass is 434 g/mol. The van der Waals surface area contributed by atoms with E-state index < -0.39 is 0 Å². The molecule has 27 heavy (non-hydrogen) atoms. The van der Waals surface area contributed by atoms with E-state index in [1.807, 2.05) is 0 Å². The van der Waals surface area contributed by atoms with Crippen LogP contribution in [0.2, 0.25) is 0 Å². The van der Waals surface area contributed by atoms with Crippen LogP contribution in [-0.2, 0) is 0 Å². The van der Waals surface area contributed by atoms with Crippen molar-refractivity contribution in [2.24, 2.45) is 0 Å². The molecule has 2 aromatic rings. The Balaban J connectivity index is 2.42. The summed E-state index contributed by atoms with van der Waals surface area (Å²) in [5.74, 6) is 7.40. The van der Waals surface area contributed by atoms with Gasteiger partial charge >= 0.3 is 0 Å². The zero-order valence-corrected chi connectivity index (χ0v) is 17.2. The van der Waals surface area contributed by atoms with Gasteiger partial charge < -0.3 is 23.7 Å². The summed E-state index contributed by atoms with van der Waals surface area (Å²) in [4.78, 5) is 12.6. The van der Waals surface area contributed by atoms with Gasteiger partial charge in [0.05, 0.1) is 35.5 Å². The van der Waals surface area contributed by atoms with Crippen molar-refractivity contribution < 1.29 is 28.5 Å². The Kier molecular flexibility index (Phi) is 6.97. The van der Waals surface area contributed by atoms with Gasteiger partial charge in [-0.1, -0.05) is 5.92 Å². The van der Waals surface area contributed by atoms with E-state index in [2.05, 4.69) is 27.8 Å². The van der Waals surface area contributed by atoms with Gasteiger partial charge in [0.1, 0.15) is 0 Å². The molecule has 0 atom stereocenters. The maximum absolute atomic E-state index is 12.6. The van der Waals surface area contributed by atoms with Crippen LogP contribution in [-0.4, -0.2) is 41.3 Å². The number of ketones is 1. The number of benzene rings is 2. The minimum atomic E-state index is -0.378. The Bertz CT molecular complexity index is 886. The molecule has 0 radical (unpaired) electrons. The van der Waals surface area contributed by atoms with Gasteiger partial charge in [0.25, 0.3) is 0 Å². The van der Waals surface area contributed by atoms with E-state index in [-0.39, 0.29) is 5.78 Å². The first-order valence-corrected chi connectivity index (χ1v) is 8.56. The van der Waals surface area contributed by atoms with Gasteiger partial charge in [0.15, 0.2) is 23.0 Å². The first kappa shape index (κ1) is 20.5. The van der Waals surface area contributed by atoms with E-state index in [0.29, 0.717) is 44.3 Å². The van der Waals surface area contributed by atoms with Crippen LogP contribution in [0.4, 0.5) is 0 Å². The smallest absolute Gasteiger partial charge is 0.237 e. The molecule has 0 amide bonds. The molecule has 0 aliphatic rings. The Labute approximate surface area is 166 Å². The van der Waals surface area contributed by atoms with Crippen molar-refractivity contribution in [3.05, 3.63) is 39.9 Å². The van der Waals surface area contributed by atoms with E-state index in [9.17, 15) is 4.79 Å². The molecule has 2 rings (SSSR count). The third-order valence-electron chi connectivity index (χ3n) is 3.70. The minimum absolute atomic E-state index is 0.368. The third kappa shape index (κ3) is 4.47. The van der Waals surface area contributed by atoms with Crippen molar-refractivity contribution in [3.8, 4) is 40.6 Å². The molecule has 0 aliphatic carbocycles. The highest BCUT2D eigenvalue weighted by atomic mass is 79.9. The van der Waals surface area contributed by atoms with Crippen LogP contribution in [0.1, 0.15) is 15.9 Å². The summed E-state index contributed by atoms with van der Waals surface area (Å²) in [6.07, 6.45) is 0. The zero-order chi connectivity index (χ0) is 20.0. The highest BCUT2D eigenvalue weighted by Crippen LogP contribution is 2.38. The largest absolute Gasteiger partial charge is 0.493 e. The summed E-state index contributed by atoms with van der Waals surface area (Å²) in [5, 5.41) is 0. The van der Waals surface area contributed by atoms with Crippen LogP contribution in [0.25, 0.3) is 0 Å². The highest BCUT2D eigenvalue weighted by Gasteiger charge is 2.15. The predicted molar refractivity (Wildman–Crippen MR) is 105 cm³/mol. The van der Waals surface area contributed by atoms with Crippen molar-refractivity contribution in [1.82, 2.24) is 0 Å². The number of hydrogen-bond acceptors (Lipinski definition) is 6. The number of carbonyl (C=O) groups is 1. The second-order valence-electron chi connectivity index (χ2n) is 5.18. The van der Waals surface area contributed by atoms with Crippen molar-refractivity contribution in [1.29, 1.82) is 0 Å². The molecular formula is C20H19BrO6. The molecule has 6 nitrogen and oxygen atoms in total. The number of hydrogen-bond donors (Lipinski definition) is 0. The third-order valence-corrected chi connectivity index (χ3v) is 4.36. The zero-order valence-electron chi connectivity index (χ0n) is 15.6. The van der Waals surface area contributed by atoms with E-state index >= 15 is 0 Å². The average Bonchev–Trinajstić information content (AvgIpc) is 2.70. The second kappa shape index (κ2) is 9.19. The van der Waals surface area contributed by atoms with Crippen molar-refractivity contribution >= 4 is 21.7 Å². The molecule has 0 N–H and O–H groups in total. The fraction of sp³-hybridized carbons (Fsp3) is 0.250. The lowest BCUT2D eigenvalue weighted by molar-refractivity contribution is 0.105. The summed E-state index contributed by atoms with van der Waals surface area (Å²) in [5.41, 5.74) is 0.919. The normalized spacial score (nSPS) is 9.70. The maximum atomic E-state index is 12.6. The molecule has 0 saturated heterocycles. The summed E-state index contributed by atoms with van der Waals surface area (Å²) in [7, 11) is 7.57. The minimum Gasteiger partial charge on any atom is -0.493 e. The SMILES string of the molecule is COc1cc(Br)c(C(=O)C#Cc2cc(OC)c(OC)c(OC)c2)cc1OC.